The zero-order chi connectivity index (χ0) is 18.6. The number of benzene rings is 1. The summed E-state index contributed by atoms with van der Waals surface area (Å²) < 4.78 is 0. The molecule has 1 aliphatic carbocycles. The van der Waals surface area contributed by atoms with Gasteiger partial charge >= 0.3 is 0 Å². The standard InChI is InChI=1S/C21H25N3O2S/c25-19(24-21-23-17-9-3-1-2-4-10-18(17)27-21)12-11-15-13-14-7-5-6-8-16(14)22-20(15)26/h5-8,15H,1-4,9-13H2,(H,22,26)(H,23,24,25). The topological polar surface area (TPSA) is 71.1 Å². The van der Waals surface area contributed by atoms with E-state index in [1.807, 2.05) is 24.3 Å². The van der Waals surface area contributed by atoms with Crippen LogP contribution in [0.5, 0.6) is 0 Å². The maximum absolute atomic E-state index is 12.4. The van der Waals surface area contributed by atoms with Gasteiger partial charge in [-0.3, -0.25) is 9.59 Å². The monoisotopic (exact) mass is 383 g/mol. The van der Waals surface area contributed by atoms with Crippen LogP contribution in [-0.4, -0.2) is 16.8 Å². The molecule has 0 saturated carbocycles. The van der Waals surface area contributed by atoms with Crippen LogP contribution in [0.3, 0.4) is 0 Å². The lowest BCUT2D eigenvalue weighted by Crippen LogP contribution is -2.30. The molecule has 4 rings (SSSR count). The number of rotatable bonds is 4. The highest BCUT2D eigenvalue weighted by molar-refractivity contribution is 7.15. The quantitative estimate of drug-likeness (QED) is 0.825. The lowest BCUT2D eigenvalue weighted by atomic mass is 9.89. The highest BCUT2D eigenvalue weighted by Gasteiger charge is 2.26. The molecule has 0 radical (unpaired) electrons. The Kier molecular flexibility index (Phi) is 5.53. The summed E-state index contributed by atoms with van der Waals surface area (Å²) in [7, 11) is 0. The Morgan fingerprint density at radius 3 is 2.89 bits per heavy atom. The van der Waals surface area contributed by atoms with E-state index in [2.05, 4.69) is 15.6 Å². The minimum Gasteiger partial charge on any atom is -0.326 e. The van der Waals surface area contributed by atoms with E-state index in [-0.39, 0.29) is 17.7 Å². The molecule has 27 heavy (non-hydrogen) atoms. The molecule has 6 heteroatoms. The van der Waals surface area contributed by atoms with Gasteiger partial charge in [0.1, 0.15) is 0 Å². The molecule has 2 amide bonds. The van der Waals surface area contributed by atoms with Crippen molar-refractivity contribution in [2.75, 3.05) is 10.6 Å². The van der Waals surface area contributed by atoms with Gasteiger partial charge in [-0.15, -0.1) is 11.3 Å². The molecule has 2 aliphatic rings. The molecule has 0 saturated heterocycles. The average molecular weight is 384 g/mol. The van der Waals surface area contributed by atoms with Gasteiger partial charge in [0.05, 0.1) is 5.69 Å². The van der Waals surface area contributed by atoms with Crippen LogP contribution in [-0.2, 0) is 28.9 Å². The molecular formula is C21H25N3O2S. The maximum atomic E-state index is 12.4. The van der Waals surface area contributed by atoms with Gasteiger partial charge in [-0.1, -0.05) is 31.0 Å². The van der Waals surface area contributed by atoms with Crippen molar-refractivity contribution in [2.24, 2.45) is 5.92 Å². The Balaban J connectivity index is 1.32. The summed E-state index contributed by atoms with van der Waals surface area (Å²) in [4.78, 5) is 30.6. The number of thiazole rings is 1. The predicted molar refractivity (Wildman–Crippen MR) is 108 cm³/mol. The highest BCUT2D eigenvalue weighted by atomic mass is 32.1. The van der Waals surface area contributed by atoms with Crippen LogP contribution in [0, 0.1) is 5.92 Å². The predicted octanol–water partition coefficient (Wildman–Crippen LogP) is 4.33. The van der Waals surface area contributed by atoms with E-state index in [1.54, 1.807) is 11.3 Å². The Labute approximate surface area is 163 Å². The van der Waals surface area contributed by atoms with Crippen LogP contribution in [0.15, 0.2) is 24.3 Å². The molecule has 2 heterocycles. The largest absolute Gasteiger partial charge is 0.326 e. The molecule has 1 aromatic heterocycles. The average Bonchev–Trinajstić information content (AvgIpc) is 3.00. The summed E-state index contributed by atoms with van der Waals surface area (Å²) in [5, 5.41) is 6.61. The van der Waals surface area contributed by atoms with Crippen LogP contribution in [0.4, 0.5) is 10.8 Å². The second-order valence-corrected chi connectivity index (χ2v) is 8.52. The van der Waals surface area contributed by atoms with E-state index >= 15 is 0 Å². The number of nitrogens with zero attached hydrogens (tertiary/aromatic N) is 1. The summed E-state index contributed by atoms with van der Waals surface area (Å²) in [5.41, 5.74) is 3.20. The van der Waals surface area contributed by atoms with E-state index in [9.17, 15) is 9.59 Å². The Morgan fingerprint density at radius 1 is 1.19 bits per heavy atom. The number of anilines is 2. The minimum atomic E-state index is -0.151. The molecule has 0 bridgehead atoms. The van der Waals surface area contributed by atoms with Crippen molar-refractivity contribution in [2.45, 2.75) is 57.8 Å². The van der Waals surface area contributed by atoms with Crippen LogP contribution < -0.4 is 10.6 Å². The number of fused-ring (bicyclic) bond motifs is 2. The van der Waals surface area contributed by atoms with Crippen molar-refractivity contribution in [3.05, 3.63) is 40.4 Å². The number of nitrogens with one attached hydrogen (secondary N) is 2. The fraction of sp³-hybridized carbons (Fsp3) is 0.476. The van der Waals surface area contributed by atoms with Crippen molar-refractivity contribution < 1.29 is 9.59 Å². The first-order chi connectivity index (χ1) is 13.2. The number of hydrogen-bond donors (Lipinski definition) is 2. The summed E-state index contributed by atoms with van der Waals surface area (Å²) in [6, 6.07) is 7.86. The smallest absolute Gasteiger partial charge is 0.227 e. The second-order valence-electron chi connectivity index (χ2n) is 7.44. The molecule has 1 unspecified atom stereocenters. The number of carbonyl (C=O) groups excluding carboxylic acids is 2. The molecule has 1 aromatic carbocycles. The zero-order valence-corrected chi connectivity index (χ0v) is 16.2. The van der Waals surface area contributed by atoms with Crippen molar-refractivity contribution in [1.29, 1.82) is 0 Å². The summed E-state index contributed by atoms with van der Waals surface area (Å²) in [5.74, 6) is -0.190. The Hall–Kier alpha value is -2.21. The third-order valence-electron chi connectivity index (χ3n) is 5.42. The summed E-state index contributed by atoms with van der Waals surface area (Å²) in [6.07, 6.45) is 8.62. The summed E-state index contributed by atoms with van der Waals surface area (Å²) in [6.45, 7) is 0. The van der Waals surface area contributed by atoms with E-state index in [4.69, 9.17) is 0 Å². The van der Waals surface area contributed by atoms with Gasteiger partial charge < -0.3 is 10.6 Å². The van der Waals surface area contributed by atoms with Crippen molar-refractivity contribution in [3.63, 3.8) is 0 Å². The fourth-order valence-corrected chi connectivity index (χ4v) is 4.96. The van der Waals surface area contributed by atoms with Crippen molar-refractivity contribution in [1.82, 2.24) is 4.98 Å². The van der Waals surface area contributed by atoms with Crippen molar-refractivity contribution in [3.8, 4) is 0 Å². The number of aryl methyl sites for hydroxylation is 2. The molecule has 1 aliphatic heterocycles. The van der Waals surface area contributed by atoms with E-state index in [1.165, 1.54) is 36.3 Å². The van der Waals surface area contributed by atoms with E-state index in [0.29, 0.717) is 24.4 Å². The molecule has 2 N–H and O–H groups in total. The first kappa shape index (κ1) is 18.2. The minimum absolute atomic E-state index is 0.0127. The van der Waals surface area contributed by atoms with Gasteiger partial charge in [-0.05, 0) is 50.2 Å². The number of para-hydroxylation sites is 1. The first-order valence-electron chi connectivity index (χ1n) is 9.86. The number of amides is 2. The second kappa shape index (κ2) is 8.21. The highest BCUT2D eigenvalue weighted by Crippen LogP contribution is 2.30. The van der Waals surface area contributed by atoms with E-state index in [0.717, 1.165) is 24.1 Å². The van der Waals surface area contributed by atoms with Gasteiger partial charge in [0.15, 0.2) is 5.13 Å². The molecular weight excluding hydrogens is 358 g/mol. The maximum Gasteiger partial charge on any atom is 0.227 e. The number of carbonyl (C=O) groups is 2. The third kappa shape index (κ3) is 4.38. The van der Waals surface area contributed by atoms with Gasteiger partial charge in [0, 0.05) is 22.9 Å². The van der Waals surface area contributed by atoms with Gasteiger partial charge in [-0.25, -0.2) is 4.98 Å². The molecule has 5 nitrogen and oxygen atoms in total. The van der Waals surface area contributed by atoms with Gasteiger partial charge in [-0.2, -0.15) is 0 Å². The number of aromatic nitrogens is 1. The first-order valence-corrected chi connectivity index (χ1v) is 10.7. The number of hydrogen-bond acceptors (Lipinski definition) is 4. The molecule has 142 valence electrons. The van der Waals surface area contributed by atoms with Gasteiger partial charge in [0.25, 0.3) is 0 Å². The molecule has 2 aromatic rings. The third-order valence-corrected chi connectivity index (χ3v) is 6.50. The molecule has 1 atom stereocenters. The van der Waals surface area contributed by atoms with Crippen LogP contribution in [0.2, 0.25) is 0 Å². The SMILES string of the molecule is O=C(CCC1Cc2ccccc2NC1=O)Nc1nc2c(s1)CCCCCC2. The lowest BCUT2D eigenvalue weighted by Gasteiger charge is -2.24. The van der Waals surface area contributed by atoms with Gasteiger partial charge in [0.2, 0.25) is 11.8 Å². The van der Waals surface area contributed by atoms with Crippen LogP contribution in [0.25, 0.3) is 0 Å². The van der Waals surface area contributed by atoms with E-state index < -0.39 is 0 Å². The van der Waals surface area contributed by atoms with Crippen molar-refractivity contribution >= 4 is 34.0 Å². The normalized spacial score (nSPS) is 19.3. The molecule has 0 fully saturated rings. The lowest BCUT2D eigenvalue weighted by molar-refractivity contribution is -0.121. The fourth-order valence-electron chi connectivity index (χ4n) is 3.89. The summed E-state index contributed by atoms with van der Waals surface area (Å²) >= 11 is 1.62. The zero-order valence-electron chi connectivity index (χ0n) is 15.4. The van der Waals surface area contributed by atoms with Crippen LogP contribution in [0.1, 0.15) is 54.7 Å². The Bertz CT molecular complexity index is 820. The molecule has 0 spiro atoms. The van der Waals surface area contributed by atoms with Crippen LogP contribution >= 0.6 is 11.3 Å². The Morgan fingerprint density at radius 2 is 2.00 bits per heavy atom.